The van der Waals surface area contributed by atoms with E-state index in [4.69, 9.17) is 4.74 Å². The summed E-state index contributed by atoms with van der Waals surface area (Å²) in [6, 6.07) is 5.21. The summed E-state index contributed by atoms with van der Waals surface area (Å²) in [7, 11) is 1.57. The van der Waals surface area contributed by atoms with Gasteiger partial charge in [-0.25, -0.2) is 0 Å². The minimum absolute atomic E-state index is 0.113. The van der Waals surface area contributed by atoms with Crippen LogP contribution >= 0.6 is 0 Å². The summed E-state index contributed by atoms with van der Waals surface area (Å²) in [5, 5.41) is 0. The first-order valence-corrected chi connectivity index (χ1v) is 7.01. The van der Waals surface area contributed by atoms with Crippen molar-refractivity contribution < 1.29 is 14.3 Å². The molecule has 3 heteroatoms. The molecule has 0 spiro atoms. The van der Waals surface area contributed by atoms with Gasteiger partial charge in [-0.2, -0.15) is 0 Å². The molecule has 1 saturated carbocycles. The van der Waals surface area contributed by atoms with Crippen molar-refractivity contribution in [3.63, 3.8) is 0 Å². The number of ether oxygens (including phenoxy) is 1. The summed E-state index contributed by atoms with van der Waals surface area (Å²) < 4.78 is 5.18. The number of hydrogen-bond donors (Lipinski definition) is 0. The van der Waals surface area contributed by atoms with E-state index in [1.54, 1.807) is 25.3 Å². The van der Waals surface area contributed by atoms with Crippen LogP contribution in [0.4, 0.5) is 0 Å². The first-order chi connectivity index (χ1) is 9.55. The van der Waals surface area contributed by atoms with Gasteiger partial charge in [0.2, 0.25) is 0 Å². The van der Waals surface area contributed by atoms with Crippen LogP contribution in [0.5, 0.6) is 5.75 Å². The predicted octanol–water partition coefficient (Wildman–Crippen LogP) is 2.90. The zero-order valence-electron chi connectivity index (χ0n) is 11.6. The van der Waals surface area contributed by atoms with Crippen LogP contribution in [-0.2, 0) is 0 Å². The molecule has 4 rings (SSSR count). The Balaban J connectivity index is 1.91. The highest BCUT2D eigenvalue weighted by molar-refractivity contribution is 6.17. The van der Waals surface area contributed by atoms with Crippen molar-refractivity contribution in [1.82, 2.24) is 0 Å². The predicted molar refractivity (Wildman–Crippen MR) is 74.0 cm³/mol. The fourth-order valence-electron chi connectivity index (χ4n) is 4.35. The third-order valence-electron chi connectivity index (χ3n) is 5.27. The summed E-state index contributed by atoms with van der Waals surface area (Å²) >= 11 is 0. The summed E-state index contributed by atoms with van der Waals surface area (Å²) in [5.74, 6) is 0.750. The molecule has 3 nitrogen and oxygen atoms in total. The van der Waals surface area contributed by atoms with Crippen molar-refractivity contribution in [3.05, 3.63) is 41.5 Å². The van der Waals surface area contributed by atoms with E-state index in [1.165, 1.54) is 0 Å². The number of hydrogen-bond acceptors (Lipinski definition) is 3. The molecule has 0 saturated heterocycles. The van der Waals surface area contributed by atoms with Crippen LogP contribution in [0.2, 0.25) is 0 Å². The normalized spacial score (nSPS) is 37.0. The molecule has 2 bridgehead atoms. The molecular formula is C17H16O3. The van der Waals surface area contributed by atoms with Gasteiger partial charge in [0, 0.05) is 23.0 Å². The second-order valence-electron chi connectivity index (χ2n) is 6.38. The second kappa shape index (κ2) is 3.60. The average Bonchev–Trinajstić information content (AvgIpc) is 2.97. The first kappa shape index (κ1) is 11.9. The monoisotopic (exact) mass is 268 g/mol. The van der Waals surface area contributed by atoms with E-state index in [-0.39, 0.29) is 34.7 Å². The molecular weight excluding hydrogens is 252 g/mol. The molecule has 1 aromatic rings. The summed E-state index contributed by atoms with van der Waals surface area (Å²) in [6.45, 7) is 2.11. The van der Waals surface area contributed by atoms with Crippen molar-refractivity contribution in [2.24, 2.45) is 23.2 Å². The van der Waals surface area contributed by atoms with Gasteiger partial charge >= 0.3 is 0 Å². The number of allylic oxidation sites excluding steroid dienone is 2. The van der Waals surface area contributed by atoms with Crippen LogP contribution in [-0.4, -0.2) is 18.7 Å². The van der Waals surface area contributed by atoms with Gasteiger partial charge in [0.25, 0.3) is 0 Å². The lowest BCUT2D eigenvalue weighted by atomic mass is 9.65. The summed E-state index contributed by atoms with van der Waals surface area (Å²) in [6.07, 6.45) is 5.18. The fraction of sp³-hybridized carbons (Fsp3) is 0.412. The van der Waals surface area contributed by atoms with E-state index in [1.807, 2.05) is 0 Å². The molecule has 0 heterocycles. The van der Waals surface area contributed by atoms with E-state index < -0.39 is 0 Å². The number of Topliss-reactive ketones (excluding diaryl/α,β-unsaturated/α-hetero) is 2. The minimum atomic E-state index is -0.175. The zero-order chi connectivity index (χ0) is 14.1. The Hall–Kier alpha value is -1.90. The molecule has 0 radical (unpaired) electrons. The molecule has 0 aliphatic heterocycles. The zero-order valence-corrected chi connectivity index (χ0v) is 11.6. The average molecular weight is 268 g/mol. The Bertz CT molecular complexity index is 673. The van der Waals surface area contributed by atoms with Crippen molar-refractivity contribution in [2.45, 2.75) is 13.3 Å². The molecule has 20 heavy (non-hydrogen) atoms. The summed E-state index contributed by atoms with van der Waals surface area (Å²) in [4.78, 5) is 25.6. The van der Waals surface area contributed by atoms with Gasteiger partial charge in [-0.3, -0.25) is 9.59 Å². The van der Waals surface area contributed by atoms with Gasteiger partial charge in [-0.15, -0.1) is 0 Å². The Kier molecular flexibility index (Phi) is 2.14. The molecule has 4 atom stereocenters. The number of carbonyl (C=O) groups is 2. The molecule has 0 amide bonds. The number of carbonyl (C=O) groups excluding carboxylic acids is 2. The van der Waals surface area contributed by atoms with Crippen molar-refractivity contribution >= 4 is 11.6 Å². The van der Waals surface area contributed by atoms with Crippen molar-refractivity contribution in [1.29, 1.82) is 0 Å². The number of methoxy groups -OCH3 is 1. The third-order valence-corrected chi connectivity index (χ3v) is 5.27. The lowest BCUT2D eigenvalue weighted by Gasteiger charge is -2.36. The quantitative estimate of drug-likeness (QED) is 0.735. The van der Waals surface area contributed by atoms with Crippen LogP contribution in [0.15, 0.2) is 30.4 Å². The van der Waals surface area contributed by atoms with Crippen molar-refractivity contribution in [2.75, 3.05) is 7.11 Å². The fourth-order valence-corrected chi connectivity index (χ4v) is 4.35. The molecule has 3 aliphatic carbocycles. The Morgan fingerprint density at radius 1 is 1.20 bits per heavy atom. The van der Waals surface area contributed by atoms with Crippen LogP contribution in [0.3, 0.4) is 0 Å². The maximum atomic E-state index is 12.8. The van der Waals surface area contributed by atoms with Crippen LogP contribution in [0.25, 0.3) is 0 Å². The van der Waals surface area contributed by atoms with Gasteiger partial charge in [0.1, 0.15) is 5.75 Å². The van der Waals surface area contributed by atoms with E-state index in [2.05, 4.69) is 19.1 Å². The van der Waals surface area contributed by atoms with Crippen LogP contribution in [0, 0.1) is 23.2 Å². The number of rotatable bonds is 1. The number of fused-ring (bicyclic) bond motifs is 6. The first-order valence-electron chi connectivity index (χ1n) is 7.01. The van der Waals surface area contributed by atoms with Crippen LogP contribution < -0.4 is 4.74 Å². The lowest BCUT2D eigenvalue weighted by Crippen LogP contribution is -2.42. The Labute approximate surface area is 117 Å². The van der Waals surface area contributed by atoms with E-state index >= 15 is 0 Å². The van der Waals surface area contributed by atoms with Gasteiger partial charge < -0.3 is 4.74 Å². The maximum Gasteiger partial charge on any atom is 0.168 e. The molecule has 4 unspecified atom stereocenters. The number of benzene rings is 1. The van der Waals surface area contributed by atoms with E-state index in [0.717, 1.165) is 6.42 Å². The van der Waals surface area contributed by atoms with Gasteiger partial charge in [0.15, 0.2) is 11.6 Å². The molecule has 3 aliphatic rings. The smallest absolute Gasteiger partial charge is 0.168 e. The maximum absolute atomic E-state index is 12.8. The highest BCUT2D eigenvalue weighted by atomic mass is 16.5. The lowest BCUT2D eigenvalue weighted by molar-refractivity contribution is 0.0676. The van der Waals surface area contributed by atoms with Crippen LogP contribution in [0.1, 0.15) is 34.1 Å². The Morgan fingerprint density at radius 2 is 2.00 bits per heavy atom. The highest BCUT2D eigenvalue weighted by Crippen LogP contribution is 2.59. The third kappa shape index (κ3) is 1.25. The summed E-state index contributed by atoms with van der Waals surface area (Å²) in [5.41, 5.74) is 0.971. The molecule has 1 fully saturated rings. The topological polar surface area (TPSA) is 43.4 Å². The molecule has 0 N–H and O–H groups in total. The molecule has 102 valence electrons. The highest BCUT2D eigenvalue weighted by Gasteiger charge is 2.60. The second-order valence-corrected chi connectivity index (χ2v) is 6.38. The van der Waals surface area contributed by atoms with Gasteiger partial charge in [0.05, 0.1) is 7.11 Å². The van der Waals surface area contributed by atoms with Crippen molar-refractivity contribution in [3.8, 4) is 5.75 Å². The van der Waals surface area contributed by atoms with Gasteiger partial charge in [-0.05, 0) is 36.0 Å². The number of ketones is 2. The minimum Gasteiger partial charge on any atom is -0.497 e. The van der Waals surface area contributed by atoms with Gasteiger partial charge in [-0.1, -0.05) is 19.1 Å². The largest absolute Gasteiger partial charge is 0.497 e. The standard InChI is InChI=1S/C17H16O3/c1-17-6-5-9(8-17)13-14(17)16(19)11-4-3-10(20-2)7-12(11)15(13)18/h3-7,9,13-14H,8H2,1-2H3. The molecule has 0 aromatic heterocycles. The SMILES string of the molecule is COc1ccc2c(c1)C(=O)C1C3C=CC(C)(C3)C1C2=O. The van der Waals surface area contributed by atoms with E-state index in [9.17, 15) is 9.59 Å². The molecule has 1 aromatic carbocycles. The Morgan fingerprint density at radius 3 is 2.75 bits per heavy atom. The van der Waals surface area contributed by atoms with E-state index in [0.29, 0.717) is 16.9 Å².